The van der Waals surface area contributed by atoms with E-state index in [0.29, 0.717) is 54.7 Å². The van der Waals surface area contributed by atoms with Crippen molar-refractivity contribution >= 4 is 54.8 Å². The van der Waals surface area contributed by atoms with Gasteiger partial charge in [-0.3, -0.25) is 4.79 Å². The Hall–Kier alpha value is 0.776. The summed E-state index contributed by atoms with van der Waals surface area (Å²) in [6, 6.07) is 0. The fourth-order valence-electron chi connectivity index (χ4n) is 0.490. The molecule has 1 aliphatic carbocycles. The van der Waals surface area contributed by atoms with Gasteiger partial charge in [0.15, 0.2) is 0 Å². The summed E-state index contributed by atoms with van der Waals surface area (Å²) in [4.78, 5) is 19.3. The average Bonchev–Trinajstić information content (AvgIpc) is 2.38. The van der Waals surface area contributed by atoms with Crippen molar-refractivity contribution in [1.29, 1.82) is 0 Å². The van der Waals surface area contributed by atoms with Crippen LogP contribution < -0.4 is 0 Å². The van der Waals surface area contributed by atoms with Crippen LogP contribution in [0.5, 0.6) is 0 Å². The first-order valence-corrected chi connectivity index (χ1v) is 4.80. The van der Waals surface area contributed by atoms with Gasteiger partial charge in [0.25, 0.3) is 5.97 Å². The van der Waals surface area contributed by atoms with Crippen LogP contribution in [0.25, 0.3) is 0 Å². The molecule has 1 fully saturated rings. The van der Waals surface area contributed by atoms with Crippen molar-refractivity contribution in [3.63, 3.8) is 0 Å². The molecule has 0 amide bonds. The molecule has 0 heterocycles. The van der Waals surface area contributed by atoms with Crippen LogP contribution in [0.15, 0.2) is 0 Å². The Morgan fingerprint density at radius 1 is 1.50 bits per heavy atom. The zero-order valence-electron chi connectivity index (χ0n) is 6.26. The number of carbonyl (C=O) groups excluding carboxylic acids is 1. The van der Waals surface area contributed by atoms with Gasteiger partial charge < -0.3 is 5.11 Å². The summed E-state index contributed by atoms with van der Waals surface area (Å²) < 4.78 is 0.558. The summed E-state index contributed by atoms with van der Waals surface area (Å²) in [5, 5.41) is 7.42. The molecule has 0 aromatic carbocycles. The van der Waals surface area contributed by atoms with E-state index in [1.54, 1.807) is 0 Å². The second-order valence-corrected chi connectivity index (χ2v) is 3.94. The number of carbonyl (C=O) groups is 2. The van der Waals surface area contributed by atoms with E-state index < -0.39 is 5.97 Å². The summed E-state index contributed by atoms with van der Waals surface area (Å²) in [5.74, 6) is -0.287. The molecule has 0 spiro atoms. The van der Waals surface area contributed by atoms with Crippen LogP contribution in [0.2, 0.25) is 0 Å². The van der Waals surface area contributed by atoms with Gasteiger partial charge in [0.2, 0.25) is 0 Å². The molecule has 0 saturated heterocycles. The normalized spacial score (nSPS) is 15.1. The van der Waals surface area contributed by atoms with Gasteiger partial charge in [-0.1, -0.05) is 0 Å². The Kier molecular flexibility index (Phi) is 5.85. The van der Waals surface area contributed by atoms with Crippen LogP contribution in [0, 0.1) is 5.92 Å². The van der Waals surface area contributed by atoms with Crippen LogP contribution >= 0.6 is 0 Å². The first kappa shape index (κ1) is 10.8. The van der Waals surface area contributed by atoms with Crippen molar-refractivity contribution in [2.45, 2.75) is 19.8 Å². The molecule has 52 valence electrons. The molecule has 0 aliphatic heterocycles. The number of aliphatic carboxylic acids is 1. The van der Waals surface area contributed by atoms with Crippen LogP contribution in [0.4, 0.5) is 0 Å². The van der Waals surface area contributed by atoms with Gasteiger partial charge in [0, 0.05) is 6.92 Å². The third-order valence-electron chi connectivity index (χ3n) is 1.15. The molecule has 0 radical (unpaired) electrons. The van der Waals surface area contributed by atoms with Gasteiger partial charge >= 0.3 is 72.4 Å². The zero-order chi connectivity index (χ0) is 8.15. The number of carboxylic acid groups (broad SMARTS) is 1. The molecular weight excluding hydrogens is 159 g/mol. The van der Waals surface area contributed by atoms with Crippen molar-refractivity contribution in [3.05, 3.63) is 0 Å². The topological polar surface area (TPSA) is 54.4 Å². The number of rotatable bonds is 1. The molecule has 1 N–H and O–H groups in total. The summed E-state index contributed by atoms with van der Waals surface area (Å²) in [6.45, 7) is 1.08. The Morgan fingerprint density at radius 3 is 1.80 bits per heavy atom. The SMILES string of the molecule is CC(=O)O.O=[C]([K])C1CC1. The molecule has 0 unspecified atom stereocenters. The van der Waals surface area contributed by atoms with Crippen molar-refractivity contribution in [2.75, 3.05) is 0 Å². The van der Waals surface area contributed by atoms with E-state index in [0.717, 1.165) is 6.92 Å². The van der Waals surface area contributed by atoms with Crippen LogP contribution in [-0.4, -0.2) is 59.9 Å². The van der Waals surface area contributed by atoms with Gasteiger partial charge in [-0.15, -0.1) is 0 Å². The summed E-state index contributed by atoms with van der Waals surface area (Å²) in [6.07, 6.45) is 2.39. The minimum absolute atomic E-state index is 0.466. The molecular formula is C6H9KO3. The monoisotopic (exact) mass is 168 g/mol. The van der Waals surface area contributed by atoms with Gasteiger partial charge in [-0.25, -0.2) is 0 Å². The number of carboxylic acids is 1. The standard InChI is InChI=1S/C4H5O.C2H4O2.K/c5-3-4-1-2-4;1-2(3)4;/h4H,1-2H2;1H3,(H,3,4);. The molecule has 1 rings (SSSR count). The first-order chi connectivity index (χ1) is 4.54. The molecule has 10 heavy (non-hydrogen) atoms. The molecule has 0 aromatic rings. The van der Waals surface area contributed by atoms with Gasteiger partial charge in [0.05, 0.1) is 0 Å². The van der Waals surface area contributed by atoms with E-state index in [1.807, 2.05) is 0 Å². The third-order valence-corrected chi connectivity index (χ3v) is 2.43. The van der Waals surface area contributed by atoms with Crippen molar-refractivity contribution in [2.24, 2.45) is 5.92 Å². The summed E-state index contributed by atoms with van der Waals surface area (Å²) in [7, 11) is 0. The second-order valence-electron chi connectivity index (χ2n) is 2.40. The fraction of sp³-hybridized carbons (Fsp3) is 0.667. The second kappa shape index (κ2) is 5.43. The molecule has 1 aliphatic rings. The quantitative estimate of drug-likeness (QED) is 0.568. The predicted octanol–water partition coefficient (Wildman–Crippen LogP) is 0.182. The van der Waals surface area contributed by atoms with E-state index in [2.05, 4.69) is 0 Å². The van der Waals surface area contributed by atoms with E-state index >= 15 is 0 Å². The Bertz CT molecular complexity index is 136. The molecule has 0 aromatic heterocycles. The maximum absolute atomic E-state index is 10.3. The minimum atomic E-state index is -0.833. The van der Waals surface area contributed by atoms with Crippen LogP contribution in [0.1, 0.15) is 19.8 Å². The summed E-state index contributed by atoms with van der Waals surface area (Å²) >= 11 is 0.466. The summed E-state index contributed by atoms with van der Waals surface area (Å²) in [5.41, 5.74) is 0. The molecule has 0 atom stereocenters. The van der Waals surface area contributed by atoms with Crippen LogP contribution in [0.3, 0.4) is 0 Å². The predicted molar refractivity (Wildman–Crippen MR) is 36.8 cm³/mol. The molecule has 0 bridgehead atoms. The Labute approximate surface area is 93.8 Å². The van der Waals surface area contributed by atoms with Crippen molar-refractivity contribution < 1.29 is 14.7 Å². The Morgan fingerprint density at radius 2 is 1.80 bits per heavy atom. The fourth-order valence-corrected chi connectivity index (χ4v) is 1.39. The molecule has 1 saturated carbocycles. The van der Waals surface area contributed by atoms with Gasteiger partial charge in [0.1, 0.15) is 0 Å². The van der Waals surface area contributed by atoms with E-state index in [-0.39, 0.29) is 0 Å². The average molecular weight is 168 g/mol. The van der Waals surface area contributed by atoms with Crippen molar-refractivity contribution in [3.8, 4) is 0 Å². The van der Waals surface area contributed by atoms with E-state index in [9.17, 15) is 4.79 Å². The number of hydrogen-bond acceptors (Lipinski definition) is 2. The van der Waals surface area contributed by atoms with E-state index in [4.69, 9.17) is 9.90 Å². The van der Waals surface area contributed by atoms with Crippen LogP contribution in [-0.2, 0) is 9.59 Å². The first-order valence-electron chi connectivity index (χ1n) is 3.24. The molecule has 4 heteroatoms. The van der Waals surface area contributed by atoms with Crippen molar-refractivity contribution in [1.82, 2.24) is 0 Å². The number of hydrogen-bond donors (Lipinski definition) is 1. The van der Waals surface area contributed by atoms with E-state index in [1.165, 1.54) is 12.8 Å². The zero-order valence-corrected chi connectivity index (χ0v) is 9.38. The maximum atomic E-state index is 10.3. The van der Waals surface area contributed by atoms with Gasteiger partial charge in [-0.2, -0.15) is 0 Å². The van der Waals surface area contributed by atoms with Gasteiger partial charge in [-0.05, 0) is 0 Å². The third kappa shape index (κ3) is 8.78. The Balaban J connectivity index is 0.000000180. The molecule has 3 nitrogen and oxygen atoms in total.